The molecule has 1 aromatic rings. The van der Waals surface area contributed by atoms with E-state index in [0.29, 0.717) is 0 Å². The van der Waals surface area contributed by atoms with Crippen molar-refractivity contribution in [2.75, 3.05) is 13.1 Å². The summed E-state index contributed by atoms with van der Waals surface area (Å²) in [5.74, 6) is 0. The summed E-state index contributed by atoms with van der Waals surface area (Å²) >= 11 is 0. The minimum atomic E-state index is 0.822. The van der Waals surface area contributed by atoms with E-state index < -0.39 is 0 Å². The third-order valence-electron chi connectivity index (χ3n) is 3.55. The minimum Gasteiger partial charge on any atom is -0.346 e. The molecule has 0 amide bonds. The molecule has 1 aromatic heterocycles. The molecule has 1 heterocycles. The van der Waals surface area contributed by atoms with Crippen LogP contribution in [0, 0.1) is 13.8 Å². The summed E-state index contributed by atoms with van der Waals surface area (Å²) in [6.45, 7) is 8.93. The average molecular weight is 220 g/mol. The summed E-state index contributed by atoms with van der Waals surface area (Å²) < 4.78 is 2.54. The second-order valence-corrected chi connectivity index (χ2v) is 4.95. The summed E-state index contributed by atoms with van der Waals surface area (Å²) in [5.41, 5.74) is 4.53. The molecule has 90 valence electrons. The Labute approximate surface area is 99.0 Å². The Bertz CT molecular complexity index is 348. The van der Waals surface area contributed by atoms with Crippen molar-refractivity contribution in [2.24, 2.45) is 0 Å². The topological polar surface area (TPSA) is 17.0 Å². The van der Waals surface area contributed by atoms with E-state index >= 15 is 0 Å². The third kappa shape index (κ3) is 2.49. The Morgan fingerprint density at radius 3 is 2.75 bits per heavy atom. The van der Waals surface area contributed by atoms with Crippen LogP contribution in [0.4, 0.5) is 0 Å². The molecule has 1 fully saturated rings. The van der Waals surface area contributed by atoms with Gasteiger partial charge in [-0.15, -0.1) is 0 Å². The number of aryl methyl sites for hydroxylation is 2. The number of aromatic nitrogens is 1. The van der Waals surface area contributed by atoms with Gasteiger partial charge in [-0.05, 0) is 64.3 Å². The van der Waals surface area contributed by atoms with Gasteiger partial charge in [0.15, 0.2) is 0 Å². The molecule has 2 rings (SSSR count). The first kappa shape index (κ1) is 11.7. The van der Waals surface area contributed by atoms with Gasteiger partial charge in [0.25, 0.3) is 0 Å². The predicted octanol–water partition coefficient (Wildman–Crippen LogP) is 2.98. The first-order valence-electron chi connectivity index (χ1n) is 6.62. The maximum absolute atomic E-state index is 3.39. The molecule has 0 saturated heterocycles. The summed E-state index contributed by atoms with van der Waals surface area (Å²) in [7, 11) is 0. The molecule has 0 aromatic carbocycles. The first-order chi connectivity index (χ1) is 7.74. The molecular formula is C14H24N2. The number of nitrogens with zero attached hydrogens (tertiary/aromatic N) is 1. The molecule has 1 saturated carbocycles. The Balaban J connectivity index is 1.96. The van der Waals surface area contributed by atoms with Gasteiger partial charge in [0.1, 0.15) is 0 Å². The van der Waals surface area contributed by atoms with Crippen LogP contribution in [0.25, 0.3) is 0 Å². The average Bonchev–Trinajstić information content (AvgIpc) is 3.03. The zero-order valence-corrected chi connectivity index (χ0v) is 10.8. The minimum absolute atomic E-state index is 0.822. The van der Waals surface area contributed by atoms with Crippen LogP contribution in [-0.4, -0.2) is 17.7 Å². The third-order valence-corrected chi connectivity index (χ3v) is 3.55. The fourth-order valence-electron chi connectivity index (χ4n) is 2.57. The van der Waals surface area contributed by atoms with Gasteiger partial charge >= 0.3 is 0 Å². The molecule has 1 aliphatic carbocycles. The van der Waals surface area contributed by atoms with E-state index in [1.54, 1.807) is 5.56 Å². The Kier molecular flexibility index (Phi) is 3.70. The number of hydrogen-bond donors (Lipinski definition) is 1. The lowest BCUT2D eigenvalue weighted by Crippen LogP contribution is -2.14. The zero-order chi connectivity index (χ0) is 11.5. The van der Waals surface area contributed by atoms with Crippen LogP contribution < -0.4 is 5.32 Å². The van der Waals surface area contributed by atoms with Crippen LogP contribution in [0.1, 0.15) is 49.2 Å². The fourth-order valence-corrected chi connectivity index (χ4v) is 2.57. The van der Waals surface area contributed by atoms with Gasteiger partial charge < -0.3 is 9.88 Å². The molecule has 0 radical (unpaired) electrons. The fraction of sp³-hybridized carbons (Fsp3) is 0.714. The van der Waals surface area contributed by atoms with E-state index in [-0.39, 0.29) is 0 Å². The number of rotatable bonds is 6. The molecule has 0 aliphatic heterocycles. The highest BCUT2D eigenvalue weighted by Gasteiger charge is 2.26. The van der Waals surface area contributed by atoms with Crippen LogP contribution in [0.3, 0.4) is 0 Å². The van der Waals surface area contributed by atoms with Gasteiger partial charge in [0, 0.05) is 17.4 Å². The van der Waals surface area contributed by atoms with Crippen LogP contribution in [-0.2, 0) is 6.42 Å². The van der Waals surface area contributed by atoms with Crippen LogP contribution in [0.15, 0.2) is 6.07 Å². The molecule has 0 atom stereocenters. The Hall–Kier alpha value is -0.760. The summed E-state index contributed by atoms with van der Waals surface area (Å²) in [6, 6.07) is 3.21. The van der Waals surface area contributed by atoms with Gasteiger partial charge in [-0.25, -0.2) is 0 Å². The maximum Gasteiger partial charge on any atom is 0.0337 e. The van der Waals surface area contributed by atoms with Crippen molar-refractivity contribution in [3.63, 3.8) is 0 Å². The summed E-state index contributed by atoms with van der Waals surface area (Å²) in [5, 5.41) is 3.39. The molecule has 0 spiro atoms. The van der Waals surface area contributed by atoms with Crippen LogP contribution in [0.5, 0.6) is 0 Å². The standard InChI is InChI=1S/C14H24N2/c1-4-15-9-5-6-13-10-11(2)16(12(13)3)14-7-8-14/h10,14-15H,4-9H2,1-3H3. The maximum atomic E-state index is 3.39. The Morgan fingerprint density at radius 2 is 2.12 bits per heavy atom. The van der Waals surface area contributed by atoms with E-state index in [0.717, 1.165) is 19.1 Å². The molecule has 1 N–H and O–H groups in total. The van der Waals surface area contributed by atoms with Crippen molar-refractivity contribution in [1.82, 2.24) is 9.88 Å². The van der Waals surface area contributed by atoms with Crippen molar-refractivity contribution in [2.45, 2.75) is 52.5 Å². The highest BCUT2D eigenvalue weighted by Crippen LogP contribution is 2.38. The number of nitrogens with one attached hydrogen (secondary N) is 1. The summed E-state index contributed by atoms with van der Waals surface area (Å²) in [4.78, 5) is 0. The van der Waals surface area contributed by atoms with Crippen molar-refractivity contribution < 1.29 is 0 Å². The lowest BCUT2D eigenvalue weighted by atomic mass is 10.1. The van der Waals surface area contributed by atoms with Gasteiger partial charge in [0.2, 0.25) is 0 Å². The van der Waals surface area contributed by atoms with E-state index in [4.69, 9.17) is 0 Å². The van der Waals surface area contributed by atoms with Gasteiger partial charge in [-0.3, -0.25) is 0 Å². The second-order valence-electron chi connectivity index (χ2n) is 4.95. The lowest BCUT2D eigenvalue weighted by molar-refractivity contribution is 0.664. The van der Waals surface area contributed by atoms with E-state index in [9.17, 15) is 0 Å². The monoisotopic (exact) mass is 220 g/mol. The molecule has 2 nitrogen and oxygen atoms in total. The van der Waals surface area contributed by atoms with Gasteiger partial charge in [0.05, 0.1) is 0 Å². The van der Waals surface area contributed by atoms with Gasteiger partial charge in [-0.2, -0.15) is 0 Å². The molecule has 1 aliphatic rings. The molecule has 16 heavy (non-hydrogen) atoms. The van der Waals surface area contributed by atoms with Crippen molar-refractivity contribution in [3.05, 3.63) is 23.0 Å². The second kappa shape index (κ2) is 5.05. The van der Waals surface area contributed by atoms with Crippen LogP contribution in [0.2, 0.25) is 0 Å². The lowest BCUT2D eigenvalue weighted by Gasteiger charge is -2.08. The highest BCUT2D eigenvalue weighted by molar-refractivity contribution is 5.28. The Morgan fingerprint density at radius 1 is 1.38 bits per heavy atom. The molecular weight excluding hydrogens is 196 g/mol. The van der Waals surface area contributed by atoms with E-state index in [1.807, 2.05) is 0 Å². The van der Waals surface area contributed by atoms with E-state index in [1.165, 1.54) is 37.1 Å². The highest BCUT2D eigenvalue weighted by atomic mass is 15.1. The van der Waals surface area contributed by atoms with Crippen molar-refractivity contribution >= 4 is 0 Å². The largest absolute Gasteiger partial charge is 0.346 e. The normalized spacial score (nSPS) is 15.7. The number of hydrogen-bond acceptors (Lipinski definition) is 1. The van der Waals surface area contributed by atoms with E-state index in [2.05, 4.69) is 36.7 Å². The molecule has 0 bridgehead atoms. The van der Waals surface area contributed by atoms with Crippen molar-refractivity contribution in [3.8, 4) is 0 Å². The molecule has 0 unspecified atom stereocenters. The predicted molar refractivity (Wildman–Crippen MR) is 69.0 cm³/mol. The molecule has 2 heteroatoms. The zero-order valence-electron chi connectivity index (χ0n) is 10.8. The van der Waals surface area contributed by atoms with Crippen LogP contribution >= 0.6 is 0 Å². The summed E-state index contributed by atoms with van der Waals surface area (Å²) in [6.07, 6.45) is 5.24. The smallest absolute Gasteiger partial charge is 0.0337 e. The van der Waals surface area contributed by atoms with Gasteiger partial charge in [-0.1, -0.05) is 6.92 Å². The van der Waals surface area contributed by atoms with Crippen molar-refractivity contribution in [1.29, 1.82) is 0 Å². The first-order valence-corrected chi connectivity index (χ1v) is 6.62. The quantitative estimate of drug-likeness (QED) is 0.729. The SMILES string of the molecule is CCNCCCc1cc(C)n(C2CC2)c1C.